The lowest BCUT2D eigenvalue weighted by Crippen LogP contribution is -2.39. The number of ether oxygens (including phenoxy) is 1. The summed E-state index contributed by atoms with van der Waals surface area (Å²) in [6.45, 7) is 8.05. The molecule has 0 spiro atoms. The van der Waals surface area contributed by atoms with Crippen LogP contribution < -0.4 is 30.9 Å². The number of nitrogens with one attached hydrogen (secondary N) is 4. The summed E-state index contributed by atoms with van der Waals surface area (Å²) in [5.41, 5.74) is 5.99. The minimum atomic E-state index is 0.452. The Kier molecular flexibility index (Phi) is 6.02. The van der Waals surface area contributed by atoms with Crippen LogP contribution in [0.15, 0.2) is 18.2 Å². The highest BCUT2D eigenvalue weighted by Gasteiger charge is 2.26. The normalized spacial score (nSPS) is 14.0. The molecule has 0 fully saturated rings. The van der Waals surface area contributed by atoms with Gasteiger partial charge in [0.25, 0.3) is 0 Å². The van der Waals surface area contributed by atoms with E-state index in [0.29, 0.717) is 12.6 Å². The van der Waals surface area contributed by atoms with Gasteiger partial charge in [0.2, 0.25) is 0 Å². The fourth-order valence-corrected chi connectivity index (χ4v) is 3.56. The molecule has 4 N–H and O–H groups in total. The van der Waals surface area contributed by atoms with Crippen LogP contribution in [0.25, 0.3) is 0 Å². The molecule has 1 aromatic heterocycles. The Bertz CT molecular complexity index is 813. The minimum absolute atomic E-state index is 0.452. The smallest absolute Gasteiger partial charge is 0.185 e. The van der Waals surface area contributed by atoms with Crippen molar-refractivity contribution in [2.45, 2.75) is 33.2 Å². The number of pyridine rings is 1. The number of rotatable bonds is 7. The third kappa shape index (κ3) is 3.74. The highest BCUT2D eigenvalue weighted by Crippen LogP contribution is 2.43. The number of fused-ring (bicyclic) bond motifs is 1. The zero-order valence-electron chi connectivity index (χ0n) is 17.7. The Hall–Kier alpha value is -2.83. The van der Waals surface area contributed by atoms with Crippen LogP contribution in [0.5, 0.6) is 5.75 Å². The van der Waals surface area contributed by atoms with Crippen LogP contribution in [0.3, 0.4) is 0 Å². The third-order valence-electron chi connectivity index (χ3n) is 5.30. The predicted molar refractivity (Wildman–Crippen MR) is 120 cm³/mol. The lowest BCUT2D eigenvalue weighted by Gasteiger charge is -2.36. The van der Waals surface area contributed by atoms with Crippen LogP contribution in [0.1, 0.15) is 26.0 Å². The summed E-state index contributed by atoms with van der Waals surface area (Å²) >= 11 is 0. The molecule has 152 valence electrons. The molecule has 1 aromatic carbocycles. The lowest BCUT2D eigenvalue weighted by atomic mass is 10.1. The average molecular weight is 385 g/mol. The topological polar surface area (TPSA) is 73.5 Å². The molecule has 0 bridgehead atoms. The molecular formula is C21H32N6O. The number of anilines is 6. The van der Waals surface area contributed by atoms with Crippen molar-refractivity contribution in [2.24, 2.45) is 0 Å². The van der Waals surface area contributed by atoms with Crippen molar-refractivity contribution >= 4 is 34.3 Å². The van der Waals surface area contributed by atoms with E-state index in [1.165, 1.54) is 0 Å². The van der Waals surface area contributed by atoms with Crippen LogP contribution in [-0.2, 0) is 0 Å². The van der Waals surface area contributed by atoms with E-state index in [1.54, 1.807) is 0 Å². The molecule has 3 rings (SSSR count). The molecule has 1 aliphatic heterocycles. The van der Waals surface area contributed by atoms with Gasteiger partial charge in [-0.3, -0.25) is 0 Å². The third-order valence-corrected chi connectivity index (χ3v) is 5.30. The van der Waals surface area contributed by atoms with Gasteiger partial charge in [-0.05, 0) is 38.5 Å². The van der Waals surface area contributed by atoms with E-state index in [1.807, 2.05) is 28.1 Å². The van der Waals surface area contributed by atoms with Crippen LogP contribution in [0, 0.1) is 6.92 Å². The molecule has 0 saturated heterocycles. The van der Waals surface area contributed by atoms with Gasteiger partial charge < -0.3 is 30.9 Å². The van der Waals surface area contributed by atoms with Gasteiger partial charge >= 0.3 is 0 Å². The summed E-state index contributed by atoms with van der Waals surface area (Å²) in [5.74, 6) is 1.56. The maximum absolute atomic E-state index is 6.08. The molecule has 7 heteroatoms. The lowest BCUT2D eigenvalue weighted by molar-refractivity contribution is 0.301. The van der Waals surface area contributed by atoms with Gasteiger partial charge in [0.05, 0.1) is 29.3 Å². The van der Waals surface area contributed by atoms with Gasteiger partial charge in [-0.1, -0.05) is 6.92 Å². The first-order valence-electron chi connectivity index (χ1n) is 9.91. The molecule has 28 heavy (non-hydrogen) atoms. The van der Waals surface area contributed by atoms with Gasteiger partial charge in [-0.2, -0.15) is 0 Å². The number of benzene rings is 1. The Morgan fingerprint density at radius 2 is 1.79 bits per heavy atom. The molecule has 1 atom stereocenters. The van der Waals surface area contributed by atoms with Gasteiger partial charge in [0.15, 0.2) is 11.6 Å². The van der Waals surface area contributed by atoms with E-state index < -0.39 is 0 Å². The van der Waals surface area contributed by atoms with Gasteiger partial charge in [-0.15, -0.1) is 0 Å². The molecule has 7 nitrogen and oxygen atoms in total. The quantitative estimate of drug-likeness (QED) is 0.568. The van der Waals surface area contributed by atoms with E-state index in [0.717, 1.165) is 58.7 Å². The van der Waals surface area contributed by atoms with Gasteiger partial charge in [0, 0.05) is 38.6 Å². The highest BCUT2D eigenvalue weighted by atomic mass is 16.5. The summed E-state index contributed by atoms with van der Waals surface area (Å²) in [5, 5.41) is 13.3. The van der Waals surface area contributed by atoms with Crippen LogP contribution in [-0.4, -0.2) is 45.3 Å². The van der Waals surface area contributed by atoms with Crippen molar-refractivity contribution in [1.29, 1.82) is 0 Å². The van der Waals surface area contributed by atoms with Crippen LogP contribution >= 0.6 is 0 Å². The largest absolute Gasteiger partial charge is 0.486 e. The number of hydrogen-bond acceptors (Lipinski definition) is 7. The molecular weight excluding hydrogens is 352 g/mol. The second-order valence-electron chi connectivity index (χ2n) is 7.08. The molecule has 0 aliphatic carbocycles. The predicted octanol–water partition coefficient (Wildman–Crippen LogP) is 4.26. The second kappa shape index (κ2) is 8.46. The van der Waals surface area contributed by atoms with Crippen LogP contribution in [0.2, 0.25) is 0 Å². The fraction of sp³-hybridized carbons (Fsp3) is 0.476. The van der Waals surface area contributed by atoms with E-state index >= 15 is 0 Å². The number of nitrogens with zero attached hydrogens (tertiary/aromatic N) is 2. The van der Waals surface area contributed by atoms with Crippen molar-refractivity contribution in [1.82, 2.24) is 4.98 Å². The molecule has 2 heterocycles. The maximum atomic E-state index is 6.08. The molecule has 1 unspecified atom stereocenters. The Balaban J connectivity index is 2.08. The summed E-state index contributed by atoms with van der Waals surface area (Å²) < 4.78 is 6.08. The summed E-state index contributed by atoms with van der Waals surface area (Å²) in [6, 6.07) is 6.71. The summed E-state index contributed by atoms with van der Waals surface area (Å²) in [4.78, 5) is 7.18. The van der Waals surface area contributed by atoms with E-state index in [9.17, 15) is 0 Å². The van der Waals surface area contributed by atoms with Crippen molar-refractivity contribution in [2.75, 3.05) is 60.5 Å². The first kappa shape index (κ1) is 19.9. The number of hydrogen-bond donors (Lipinski definition) is 4. The van der Waals surface area contributed by atoms with Crippen LogP contribution in [0.4, 0.5) is 34.3 Å². The zero-order valence-corrected chi connectivity index (χ0v) is 17.7. The first-order chi connectivity index (χ1) is 13.5. The van der Waals surface area contributed by atoms with Crippen molar-refractivity contribution in [3.05, 3.63) is 23.9 Å². The molecule has 0 amide bonds. The summed E-state index contributed by atoms with van der Waals surface area (Å²) in [6.07, 6.45) is 1.09. The Morgan fingerprint density at radius 3 is 2.36 bits per heavy atom. The fourth-order valence-electron chi connectivity index (χ4n) is 3.56. The minimum Gasteiger partial charge on any atom is -0.486 e. The highest BCUT2D eigenvalue weighted by molar-refractivity contribution is 5.90. The van der Waals surface area contributed by atoms with E-state index in [2.05, 4.69) is 58.2 Å². The van der Waals surface area contributed by atoms with Crippen molar-refractivity contribution in [3.8, 4) is 5.75 Å². The Morgan fingerprint density at radius 1 is 1.11 bits per heavy atom. The monoisotopic (exact) mass is 384 g/mol. The zero-order chi connectivity index (χ0) is 20.3. The van der Waals surface area contributed by atoms with E-state index in [4.69, 9.17) is 9.72 Å². The molecule has 2 aromatic rings. The van der Waals surface area contributed by atoms with Gasteiger partial charge in [-0.25, -0.2) is 4.98 Å². The molecule has 1 aliphatic rings. The standard InChI is InChI=1S/C21H32N6O/c1-7-14(3)27-8-9-28-20-18(27)10-13(2)25-21(20)26-19-16(23-5)11-15(22-4)12-17(19)24-6/h10-12,14,22-24H,7-9H2,1-6H3,(H,25,26). The van der Waals surface area contributed by atoms with Crippen molar-refractivity contribution < 1.29 is 4.74 Å². The average Bonchev–Trinajstić information content (AvgIpc) is 2.72. The number of aromatic nitrogens is 1. The van der Waals surface area contributed by atoms with Crippen molar-refractivity contribution in [3.63, 3.8) is 0 Å². The second-order valence-corrected chi connectivity index (χ2v) is 7.08. The molecule has 0 radical (unpaired) electrons. The van der Waals surface area contributed by atoms with Gasteiger partial charge in [0.1, 0.15) is 6.61 Å². The first-order valence-corrected chi connectivity index (χ1v) is 9.91. The van der Waals surface area contributed by atoms with E-state index in [-0.39, 0.29) is 0 Å². The SMILES string of the molecule is CCC(C)N1CCOc2c1cc(C)nc2Nc1c(NC)cc(NC)cc1NC. The molecule has 0 saturated carbocycles. The maximum Gasteiger partial charge on any atom is 0.185 e. The Labute approximate surface area is 167 Å². The summed E-state index contributed by atoms with van der Waals surface area (Å²) in [7, 11) is 5.75. The number of aryl methyl sites for hydroxylation is 1.